The largest absolute Gasteiger partial charge is 0.484 e. The summed E-state index contributed by atoms with van der Waals surface area (Å²) in [6.07, 6.45) is 1.97. The maximum absolute atomic E-state index is 13.3. The molecule has 0 atom stereocenters. The van der Waals surface area contributed by atoms with Crippen molar-refractivity contribution in [2.24, 2.45) is 0 Å². The molecule has 1 saturated heterocycles. The number of hydrogen-bond acceptors (Lipinski definition) is 4. The van der Waals surface area contributed by atoms with Crippen molar-refractivity contribution in [3.63, 3.8) is 0 Å². The van der Waals surface area contributed by atoms with Crippen LogP contribution in [0.25, 0.3) is 0 Å². The fraction of sp³-hybridized carbons (Fsp3) is 0.417. The molecule has 1 heterocycles. The van der Waals surface area contributed by atoms with Crippen molar-refractivity contribution in [3.8, 4) is 5.75 Å². The van der Waals surface area contributed by atoms with Crippen molar-refractivity contribution in [1.29, 1.82) is 0 Å². The van der Waals surface area contributed by atoms with Gasteiger partial charge in [0, 0.05) is 25.2 Å². The van der Waals surface area contributed by atoms with E-state index < -0.39 is 16.4 Å². The Morgan fingerprint density at radius 1 is 1.42 bits per heavy atom. The van der Waals surface area contributed by atoms with Gasteiger partial charge in [-0.05, 0) is 18.9 Å². The fourth-order valence-electron chi connectivity index (χ4n) is 1.93. The first kappa shape index (κ1) is 13.3. The Labute approximate surface area is 108 Å². The minimum atomic E-state index is -0.976. The van der Waals surface area contributed by atoms with Crippen molar-refractivity contribution in [3.05, 3.63) is 34.1 Å². The summed E-state index contributed by atoms with van der Waals surface area (Å²) >= 11 is 0. The average molecular weight is 268 g/mol. The number of hydrogen-bond donors (Lipinski definition) is 0. The van der Waals surface area contributed by atoms with Gasteiger partial charge in [-0.1, -0.05) is 0 Å². The van der Waals surface area contributed by atoms with Crippen LogP contribution in [0.1, 0.15) is 12.8 Å². The number of likely N-dealkylation sites (tertiary alicyclic amines) is 1. The fourth-order valence-corrected chi connectivity index (χ4v) is 1.93. The SMILES string of the molecule is O=C(COc1ccc([N+](=O)[O-])c(F)c1)N1CCCC1. The maximum Gasteiger partial charge on any atom is 0.305 e. The maximum atomic E-state index is 13.3. The molecule has 102 valence electrons. The number of benzene rings is 1. The molecule has 2 rings (SSSR count). The van der Waals surface area contributed by atoms with E-state index in [0.29, 0.717) is 0 Å². The molecule has 7 heteroatoms. The lowest BCUT2D eigenvalue weighted by Crippen LogP contribution is -2.32. The molecular formula is C12H13FN2O4. The quantitative estimate of drug-likeness (QED) is 0.615. The Balaban J connectivity index is 1.94. The molecule has 0 bridgehead atoms. The van der Waals surface area contributed by atoms with Crippen LogP contribution in [0.3, 0.4) is 0 Å². The molecule has 6 nitrogen and oxygen atoms in total. The van der Waals surface area contributed by atoms with Crippen molar-refractivity contribution < 1.29 is 18.8 Å². The van der Waals surface area contributed by atoms with Gasteiger partial charge in [0.15, 0.2) is 6.61 Å². The number of amides is 1. The number of carbonyl (C=O) groups excluding carboxylic acids is 1. The van der Waals surface area contributed by atoms with Crippen molar-refractivity contribution in [2.45, 2.75) is 12.8 Å². The Kier molecular flexibility index (Phi) is 3.94. The van der Waals surface area contributed by atoms with E-state index in [9.17, 15) is 19.3 Å². The number of rotatable bonds is 4. The van der Waals surface area contributed by atoms with Gasteiger partial charge in [0.05, 0.1) is 4.92 Å². The van der Waals surface area contributed by atoms with E-state index in [1.807, 2.05) is 0 Å². The lowest BCUT2D eigenvalue weighted by Gasteiger charge is -2.15. The van der Waals surface area contributed by atoms with E-state index in [1.165, 1.54) is 6.07 Å². The zero-order valence-corrected chi connectivity index (χ0v) is 10.2. The molecule has 1 aromatic carbocycles. The predicted octanol–water partition coefficient (Wildman–Crippen LogP) is 1.74. The number of halogens is 1. The van der Waals surface area contributed by atoms with Crippen LogP contribution in [0.4, 0.5) is 10.1 Å². The normalized spacial score (nSPS) is 14.5. The van der Waals surface area contributed by atoms with Crippen LogP contribution in [0, 0.1) is 15.9 Å². The molecule has 1 fully saturated rings. The molecule has 0 spiro atoms. The topological polar surface area (TPSA) is 72.7 Å². The van der Waals surface area contributed by atoms with Crippen LogP contribution in [-0.4, -0.2) is 35.4 Å². The second-order valence-electron chi connectivity index (χ2n) is 4.25. The highest BCUT2D eigenvalue weighted by molar-refractivity contribution is 5.78. The van der Waals surface area contributed by atoms with Gasteiger partial charge >= 0.3 is 5.69 Å². The number of nitro groups is 1. The highest BCUT2D eigenvalue weighted by Crippen LogP contribution is 2.22. The zero-order valence-electron chi connectivity index (χ0n) is 10.2. The minimum Gasteiger partial charge on any atom is -0.484 e. The third-order valence-electron chi connectivity index (χ3n) is 2.94. The minimum absolute atomic E-state index is 0.107. The molecular weight excluding hydrogens is 255 g/mol. The van der Waals surface area contributed by atoms with E-state index in [-0.39, 0.29) is 18.3 Å². The molecule has 19 heavy (non-hydrogen) atoms. The van der Waals surface area contributed by atoms with Crippen LogP contribution in [-0.2, 0) is 4.79 Å². The number of carbonyl (C=O) groups is 1. The third-order valence-corrected chi connectivity index (χ3v) is 2.94. The molecule has 0 saturated carbocycles. The van der Waals surface area contributed by atoms with E-state index >= 15 is 0 Å². The molecule has 1 aliphatic rings. The van der Waals surface area contributed by atoms with Gasteiger partial charge in [0.2, 0.25) is 5.82 Å². The highest BCUT2D eigenvalue weighted by Gasteiger charge is 2.19. The van der Waals surface area contributed by atoms with Crippen LogP contribution in [0.15, 0.2) is 18.2 Å². The first-order valence-corrected chi connectivity index (χ1v) is 5.92. The number of nitrogens with zero attached hydrogens (tertiary/aromatic N) is 2. The number of nitro benzene ring substituents is 1. The molecule has 1 aliphatic heterocycles. The van der Waals surface area contributed by atoms with Crippen molar-refractivity contribution in [2.75, 3.05) is 19.7 Å². The van der Waals surface area contributed by atoms with E-state index in [1.54, 1.807) is 4.90 Å². The zero-order chi connectivity index (χ0) is 13.8. The predicted molar refractivity (Wildman–Crippen MR) is 64.4 cm³/mol. The average Bonchev–Trinajstić information content (AvgIpc) is 2.89. The molecule has 0 radical (unpaired) electrons. The number of ether oxygens (including phenoxy) is 1. The van der Waals surface area contributed by atoms with Gasteiger partial charge in [-0.25, -0.2) is 0 Å². The summed E-state index contributed by atoms with van der Waals surface area (Å²) in [4.78, 5) is 23.0. The van der Waals surface area contributed by atoms with Crippen molar-refractivity contribution in [1.82, 2.24) is 4.90 Å². The molecule has 0 aromatic heterocycles. The van der Waals surface area contributed by atoms with Crippen LogP contribution >= 0.6 is 0 Å². The second-order valence-corrected chi connectivity index (χ2v) is 4.25. The van der Waals surface area contributed by atoms with Crippen LogP contribution < -0.4 is 4.74 Å². The summed E-state index contributed by atoms with van der Waals surface area (Å²) in [5.41, 5.74) is -0.613. The Morgan fingerprint density at radius 2 is 2.11 bits per heavy atom. The Morgan fingerprint density at radius 3 is 2.68 bits per heavy atom. The summed E-state index contributed by atoms with van der Waals surface area (Å²) in [6, 6.07) is 3.21. The van der Waals surface area contributed by atoms with Gasteiger partial charge in [0.1, 0.15) is 5.75 Å². The van der Waals surface area contributed by atoms with E-state index in [4.69, 9.17) is 4.74 Å². The first-order chi connectivity index (χ1) is 9.08. The Bertz CT molecular complexity index is 501. The van der Waals surface area contributed by atoms with Gasteiger partial charge in [-0.2, -0.15) is 4.39 Å². The molecule has 1 aromatic rings. The highest BCUT2D eigenvalue weighted by atomic mass is 19.1. The van der Waals surface area contributed by atoms with E-state index in [0.717, 1.165) is 38.1 Å². The smallest absolute Gasteiger partial charge is 0.305 e. The van der Waals surface area contributed by atoms with Crippen LogP contribution in [0.2, 0.25) is 0 Å². The standard InChI is InChI=1S/C12H13FN2O4/c13-10-7-9(3-4-11(10)15(17)18)19-8-12(16)14-5-1-2-6-14/h3-4,7H,1-2,5-6,8H2. The third kappa shape index (κ3) is 3.18. The second kappa shape index (κ2) is 5.64. The summed E-state index contributed by atoms with van der Waals surface area (Å²) < 4.78 is 18.5. The van der Waals surface area contributed by atoms with Crippen molar-refractivity contribution >= 4 is 11.6 Å². The molecule has 1 amide bonds. The van der Waals surface area contributed by atoms with Gasteiger partial charge in [0.25, 0.3) is 5.91 Å². The summed E-state index contributed by atoms with van der Waals surface area (Å²) in [5, 5.41) is 10.4. The summed E-state index contributed by atoms with van der Waals surface area (Å²) in [7, 11) is 0. The lowest BCUT2D eigenvalue weighted by atomic mass is 10.3. The van der Waals surface area contributed by atoms with Gasteiger partial charge < -0.3 is 9.64 Å². The molecule has 0 N–H and O–H groups in total. The monoisotopic (exact) mass is 268 g/mol. The Hall–Kier alpha value is -2.18. The lowest BCUT2D eigenvalue weighted by molar-refractivity contribution is -0.387. The summed E-state index contributed by atoms with van der Waals surface area (Å²) in [5.74, 6) is -1.02. The summed E-state index contributed by atoms with van der Waals surface area (Å²) in [6.45, 7) is 1.25. The first-order valence-electron chi connectivity index (χ1n) is 5.92. The van der Waals surface area contributed by atoms with Gasteiger partial charge in [-0.3, -0.25) is 14.9 Å². The van der Waals surface area contributed by atoms with Crippen LogP contribution in [0.5, 0.6) is 5.75 Å². The molecule has 0 unspecified atom stereocenters. The van der Waals surface area contributed by atoms with Gasteiger partial charge in [-0.15, -0.1) is 0 Å². The molecule has 0 aliphatic carbocycles. The van der Waals surface area contributed by atoms with E-state index in [2.05, 4.69) is 0 Å².